The normalized spacial score (nSPS) is 26.4. The minimum atomic E-state index is -0.0256. The molecule has 3 rings (SSSR count). The lowest BCUT2D eigenvalue weighted by Gasteiger charge is -2.19. The van der Waals surface area contributed by atoms with Crippen LogP contribution in [0.15, 0.2) is 40.5 Å². The summed E-state index contributed by atoms with van der Waals surface area (Å²) in [6.07, 6.45) is 9.34. The van der Waals surface area contributed by atoms with Gasteiger partial charge in [-0.05, 0) is 18.2 Å². The zero-order valence-electron chi connectivity index (χ0n) is 8.04. The quantitative estimate of drug-likeness (QED) is 0.682. The van der Waals surface area contributed by atoms with Gasteiger partial charge >= 0.3 is 0 Å². The second kappa shape index (κ2) is 3.31. The molecular weight excluding hydrogens is 188 g/mol. The van der Waals surface area contributed by atoms with E-state index < -0.39 is 0 Å². The van der Waals surface area contributed by atoms with Crippen LogP contribution >= 0.6 is 0 Å². The van der Waals surface area contributed by atoms with Crippen LogP contribution in [0.3, 0.4) is 0 Å². The van der Waals surface area contributed by atoms with E-state index in [9.17, 15) is 0 Å². The van der Waals surface area contributed by atoms with E-state index in [2.05, 4.69) is 20.3 Å². The summed E-state index contributed by atoms with van der Waals surface area (Å²) in [7, 11) is 0. The van der Waals surface area contributed by atoms with E-state index in [4.69, 9.17) is 0 Å². The number of allylic oxidation sites excluding steroid dienone is 1. The Hall–Kier alpha value is -1.97. The van der Waals surface area contributed by atoms with Crippen LogP contribution in [0.2, 0.25) is 0 Å². The van der Waals surface area contributed by atoms with Gasteiger partial charge in [0.05, 0.1) is 0 Å². The van der Waals surface area contributed by atoms with Gasteiger partial charge in [-0.1, -0.05) is 6.08 Å². The molecule has 2 atom stereocenters. The van der Waals surface area contributed by atoms with E-state index in [1.807, 2.05) is 30.5 Å². The monoisotopic (exact) mass is 198 g/mol. The minimum absolute atomic E-state index is 0.0256. The van der Waals surface area contributed by atoms with E-state index in [-0.39, 0.29) is 12.2 Å². The van der Waals surface area contributed by atoms with Crippen LogP contribution in [0.25, 0.3) is 0 Å². The van der Waals surface area contributed by atoms with Gasteiger partial charge in [-0.25, -0.2) is 4.98 Å². The molecule has 0 amide bonds. The Labute approximate surface area is 87.5 Å². The van der Waals surface area contributed by atoms with E-state index in [1.54, 1.807) is 12.4 Å². The number of dihydropyridines is 1. The van der Waals surface area contributed by atoms with Crippen molar-refractivity contribution in [1.29, 1.82) is 0 Å². The summed E-state index contributed by atoms with van der Waals surface area (Å²) in [6.45, 7) is 0. The molecule has 0 bridgehead atoms. The van der Waals surface area contributed by atoms with Crippen molar-refractivity contribution in [1.82, 2.24) is 4.98 Å². The average Bonchev–Trinajstić information content (AvgIpc) is 2.48. The Morgan fingerprint density at radius 3 is 3.27 bits per heavy atom. The molecule has 15 heavy (non-hydrogen) atoms. The maximum Gasteiger partial charge on any atom is 0.146 e. The fourth-order valence-electron chi connectivity index (χ4n) is 1.70. The highest BCUT2D eigenvalue weighted by Gasteiger charge is 2.22. The molecule has 0 aliphatic carbocycles. The number of pyridine rings is 1. The molecule has 4 nitrogen and oxygen atoms in total. The lowest BCUT2D eigenvalue weighted by molar-refractivity contribution is 0.669. The molecule has 4 heteroatoms. The first-order chi connectivity index (χ1) is 7.43. The first kappa shape index (κ1) is 8.35. The van der Waals surface area contributed by atoms with Crippen molar-refractivity contribution >= 4 is 18.2 Å². The summed E-state index contributed by atoms with van der Waals surface area (Å²) >= 11 is 0. The fraction of sp³-hybridized carbons (Fsp3) is 0.182. The van der Waals surface area contributed by atoms with Crippen LogP contribution in [0.1, 0.15) is 5.56 Å². The molecule has 0 fully saturated rings. The van der Waals surface area contributed by atoms with Crippen molar-refractivity contribution in [2.45, 2.75) is 12.2 Å². The summed E-state index contributed by atoms with van der Waals surface area (Å²) in [5.74, 6) is 0.848. The van der Waals surface area contributed by atoms with E-state index in [0.29, 0.717) is 0 Å². The molecule has 2 aliphatic rings. The number of aliphatic imine (C=N–C) groups is 2. The molecule has 2 aliphatic heterocycles. The summed E-state index contributed by atoms with van der Waals surface area (Å²) in [5.41, 5.74) is 1.01. The predicted octanol–water partition coefficient (Wildman–Crippen LogP) is 1.26. The zero-order chi connectivity index (χ0) is 10.1. The molecule has 1 aromatic heterocycles. The predicted molar refractivity (Wildman–Crippen MR) is 60.7 cm³/mol. The van der Waals surface area contributed by atoms with Crippen molar-refractivity contribution in [2.24, 2.45) is 9.98 Å². The molecule has 0 saturated heterocycles. The SMILES string of the molecule is C1=CC2N=Cc3cccnc3NC2N=C1. The number of anilines is 1. The van der Waals surface area contributed by atoms with Crippen LogP contribution < -0.4 is 5.32 Å². The largest absolute Gasteiger partial charge is 0.346 e. The van der Waals surface area contributed by atoms with E-state index in [1.165, 1.54) is 0 Å². The van der Waals surface area contributed by atoms with Crippen LogP contribution in [-0.4, -0.2) is 29.6 Å². The van der Waals surface area contributed by atoms with E-state index >= 15 is 0 Å². The highest BCUT2D eigenvalue weighted by molar-refractivity contribution is 5.87. The van der Waals surface area contributed by atoms with E-state index in [0.717, 1.165) is 11.4 Å². The van der Waals surface area contributed by atoms with Gasteiger partial charge in [0.25, 0.3) is 0 Å². The average molecular weight is 198 g/mol. The Bertz CT molecular complexity index is 461. The van der Waals surface area contributed by atoms with Gasteiger partial charge in [0.1, 0.15) is 18.0 Å². The molecule has 2 unspecified atom stereocenters. The number of hydrogen-bond donors (Lipinski definition) is 1. The Balaban J connectivity index is 2.04. The van der Waals surface area contributed by atoms with Crippen molar-refractivity contribution in [3.63, 3.8) is 0 Å². The molecule has 0 saturated carbocycles. The number of nitrogens with one attached hydrogen (secondary N) is 1. The van der Waals surface area contributed by atoms with Gasteiger partial charge < -0.3 is 5.32 Å². The number of nitrogens with zero attached hydrogens (tertiary/aromatic N) is 3. The maximum absolute atomic E-state index is 4.46. The lowest BCUT2D eigenvalue weighted by atomic mass is 10.2. The van der Waals surface area contributed by atoms with Gasteiger partial charge in [-0.15, -0.1) is 0 Å². The summed E-state index contributed by atoms with van der Waals surface area (Å²) in [5, 5.41) is 3.28. The van der Waals surface area contributed by atoms with Crippen LogP contribution in [0.5, 0.6) is 0 Å². The first-order valence-corrected chi connectivity index (χ1v) is 4.88. The van der Waals surface area contributed by atoms with Crippen molar-refractivity contribution in [3.8, 4) is 0 Å². The second-order valence-corrected chi connectivity index (χ2v) is 3.48. The molecule has 0 aromatic carbocycles. The molecule has 0 radical (unpaired) electrons. The third-order valence-corrected chi connectivity index (χ3v) is 2.47. The van der Waals surface area contributed by atoms with Crippen LogP contribution in [-0.2, 0) is 0 Å². The number of aromatic nitrogens is 1. The standard InChI is InChI=1S/C11H10N4/c1-3-8-7-14-9-4-2-6-13-11(9)15-10(8)12-5-1/h1-7,9,11H,(H,12,15). The van der Waals surface area contributed by atoms with Crippen LogP contribution in [0.4, 0.5) is 5.82 Å². The fourth-order valence-corrected chi connectivity index (χ4v) is 1.70. The van der Waals surface area contributed by atoms with Gasteiger partial charge in [0, 0.05) is 24.2 Å². The summed E-state index contributed by atoms with van der Waals surface area (Å²) in [6, 6.07) is 3.97. The maximum atomic E-state index is 4.46. The summed E-state index contributed by atoms with van der Waals surface area (Å²) in [4.78, 5) is 13.1. The Morgan fingerprint density at radius 1 is 1.27 bits per heavy atom. The zero-order valence-corrected chi connectivity index (χ0v) is 8.04. The second-order valence-electron chi connectivity index (χ2n) is 3.48. The topological polar surface area (TPSA) is 49.6 Å². The van der Waals surface area contributed by atoms with Gasteiger partial charge in [0.15, 0.2) is 0 Å². The highest BCUT2D eigenvalue weighted by atomic mass is 15.2. The Kier molecular flexibility index (Phi) is 1.84. The van der Waals surface area contributed by atoms with Crippen molar-refractivity contribution in [2.75, 3.05) is 5.32 Å². The van der Waals surface area contributed by atoms with Crippen LogP contribution in [0, 0.1) is 0 Å². The van der Waals surface area contributed by atoms with Crippen molar-refractivity contribution < 1.29 is 0 Å². The van der Waals surface area contributed by atoms with Crippen molar-refractivity contribution in [3.05, 3.63) is 36.0 Å². The number of rotatable bonds is 0. The molecular formula is C11H10N4. The van der Waals surface area contributed by atoms with Gasteiger partial charge in [-0.2, -0.15) is 0 Å². The first-order valence-electron chi connectivity index (χ1n) is 4.88. The molecule has 1 aromatic rings. The molecule has 0 spiro atoms. The third kappa shape index (κ3) is 1.44. The number of hydrogen-bond acceptors (Lipinski definition) is 4. The number of fused-ring (bicyclic) bond motifs is 2. The molecule has 3 heterocycles. The van der Waals surface area contributed by atoms with Gasteiger partial charge in [-0.3, -0.25) is 9.98 Å². The molecule has 1 N–H and O–H groups in total. The lowest BCUT2D eigenvalue weighted by Crippen LogP contribution is -2.30. The smallest absolute Gasteiger partial charge is 0.146 e. The summed E-state index contributed by atoms with van der Waals surface area (Å²) < 4.78 is 0. The van der Waals surface area contributed by atoms with Gasteiger partial charge in [0.2, 0.25) is 0 Å². The Morgan fingerprint density at radius 2 is 2.27 bits per heavy atom. The third-order valence-electron chi connectivity index (χ3n) is 2.47. The highest BCUT2D eigenvalue weighted by Crippen LogP contribution is 2.19. The molecule has 74 valence electrons. The minimum Gasteiger partial charge on any atom is -0.346 e.